The summed E-state index contributed by atoms with van der Waals surface area (Å²) in [7, 11) is 0. The molecule has 0 bridgehead atoms. The monoisotopic (exact) mass is 421 g/mol. The van der Waals surface area contributed by atoms with Gasteiger partial charge in [0.1, 0.15) is 30.5 Å². The number of fused-ring (bicyclic) bond motifs is 1. The maximum Gasteiger partial charge on any atom is 0.255 e. The first-order chi connectivity index (χ1) is 14.2. The van der Waals surface area contributed by atoms with Crippen LogP contribution in [0.3, 0.4) is 0 Å². The van der Waals surface area contributed by atoms with E-state index in [0.29, 0.717) is 16.8 Å². The lowest BCUT2D eigenvalue weighted by molar-refractivity contribution is -0.136. The number of benzene rings is 1. The standard InChI is InChI=1S/C19H23N3O8/c23-8-14(25)17(28)16(27)13(24)6-20-11-3-1-2-9-10(11)7-22(19(9)30)12-4-5-15(26)21-18(12)29/h1-3,6,12-14,16-17,23-25,27-28H,4-5,7-8H2,(H,21,26,29)/t12?,13-,14+,16+,17+/m0/s1. The van der Waals surface area contributed by atoms with Crippen molar-refractivity contribution in [3.05, 3.63) is 29.3 Å². The zero-order valence-electron chi connectivity index (χ0n) is 15.9. The highest BCUT2D eigenvalue weighted by Crippen LogP contribution is 2.33. The van der Waals surface area contributed by atoms with Crippen molar-refractivity contribution >= 4 is 29.6 Å². The number of piperidine rings is 1. The predicted octanol–water partition coefficient (Wildman–Crippen LogP) is -2.41. The van der Waals surface area contributed by atoms with Crippen molar-refractivity contribution in [1.29, 1.82) is 0 Å². The number of hydrogen-bond donors (Lipinski definition) is 6. The molecule has 1 aromatic rings. The van der Waals surface area contributed by atoms with E-state index in [1.807, 2.05) is 0 Å². The molecule has 2 heterocycles. The number of amides is 3. The number of hydrogen-bond acceptors (Lipinski definition) is 9. The first kappa shape index (κ1) is 22.0. The molecule has 1 unspecified atom stereocenters. The predicted molar refractivity (Wildman–Crippen MR) is 102 cm³/mol. The number of aliphatic hydroxyl groups is 5. The molecule has 6 N–H and O–H groups in total. The zero-order chi connectivity index (χ0) is 22.0. The number of aliphatic hydroxyl groups excluding tert-OH is 5. The van der Waals surface area contributed by atoms with Gasteiger partial charge in [-0.2, -0.15) is 0 Å². The Kier molecular flexibility index (Phi) is 6.58. The van der Waals surface area contributed by atoms with E-state index in [0.717, 1.165) is 6.21 Å². The summed E-state index contributed by atoms with van der Waals surface area (Å²) in [5, 5.41) is 49.9. The Morgan fingerprint density at radius 1 is 1.17 bits per heavy atom. The second-order valence-electron chi connectivity index (χ2n) is 7.20. The SMILES string of the molecule is O=C1CCC(N2Cc3c(N=C[C@H](O)[C@@H](O)[C@H](O)[C@H](O)CO)cccc3C2=O)C(=O)N1. The lowest BCUT2D eigenvalue weighted by atomic mass is 10.0. The van der Waals surface area contributed by atoms with E-state index in [1.54, 1.807) is 18.2 Å². The van der Waals surface area contributed by atoms with Gasteiger partial charge in [-0.05, 0) is 18.6 Å². The normalized spacial score (nSPS) is 23.3. The summed E-state index contributed by atoms with van der Waals surface area (Å²) in [5.74, 6) is -1.29. The third kappa shape index (κ3) is 4.25. The van der Waals surface area contributed by atoms with Crippen LogP contribution in [0, 0.1) is 0 Å². The minimum atomic E-state index is -1.80. The molecule has 1 aromatic carbocycles. The molecule has 0 radical (unpaired) electrons. The molecular weight excluding hydrogens is 398 g/mol. The lowest BCUT2D eigenvalue weighted by Crippen LogP contribution is -2.52. The Labute approximate surface area is 171 Å². The summed E-state index contributed by atoms with van der Waals surface area (Å²) in [4.78, 5) is 41.7. The topological polar surface area (TPSA) is 180 Å². The highest BCUT2D eigenvalue weighted by Gasteiger charge is 2.39. The Hall–Kier alpha value is -2.70. The average molecular weight is 421 g/mol. The number of nitrogens with zero attached hydrogens (tertiary/aromatic N) is 2. The second-order valence-corrected chi connectivity index (χ2v) is 7.20. The van der Waals surface area contributed by atoms with Crippen LogP contribution in [-0.4, -0.2) is 91.4 Å². The Morgan fingerprint density at radius 2 is 1.90 bits per heavy atom. The maximum absolute atomic E-state index is 12.8. The summed E-state index contributed by atoms with van der Waals surface area (Å²) in [5.41, 5.74) is 1.17. The van der Waals surface area contributed by atoms with Crippen LogP contribution in [-0.2, 0) is 16.1 Å². The van der Waals surface area contributed by atoms with Crippen molar-refractivity contribution < 1.29 is 39.9 Å². The van der Waals surface area contributed by atoms with E-state index >= 15 is 0 Å². The van der Waals surface area contributed by atoms with Crippen LogP contribution in [0.1, 0.15) is 28.8 Å². The van der Waals surface area contributed by atoms with Gasteiger partial charge in [0, 0.05) is 30.3 Å². The molecule has 11 heteroatoms. The van der Waals surface area contributed by atoms with E-state index in [4.69, 9.17) is 5.11 Å². The number of nitrogens with one attached hydrogen (secondary N) is 1. The van der Waals surface area contributed by atoms with Crippen LogP contribution in [0.5, 0.6) is 0 Å². The molecule has 0 aliphatic carbocycles. The van der Waals surface area contributed by atoms with Gasteiger partial charge < -0.3 is 30.4 Å². The van der Waals surface area contributed by atoms with Gasteiger partial charge in [-0.1, -0.05) is 6.07 Å². The third-order valence-electron chi connectivity index (χ3n) is 5.20. The van der Waals surface area contributed by atoms with Crippen LogP contribution >= 0.6 is 0 Å². The van der Waals surface area contributed by atoms with Gasteiger partial charge in [-0.25, -0.2) is 0 Å². The van der Waals surface area contributed by atoms with Crippen molar-refractivity contribution in [3.63, 3.8) is 0 Å². The number of carbonyl (C=O) groups is 3. The number of rotatable bonds is 7. The van der Waals surface area contributed by atoms with Crippen LogP contribution < -0.4 is 5.32 Å². The summed E-state index contributed by atoms with van der Waals surface area (Å²) < 4.78 is 0. The van der Waals surface area contributed by atoms with Gasteiger partial charge >= 0.3 is 0 Å². The van der Waals surface area contributed by atoms with Gasteiger partial charge in [-0.15, -0.1) is 0 Å². The molecule has 0 saturated carbocycles. The fourth-order valence-electron chi connectivity index (χ4n) is 3.47. The van der Waals surface area contributed by atoms with Gasteiger partial charge in [-0.3, -0.25) is 24.7 Å². The third-order valence-corrected chi connectivity index (χ3v) is 5.20. The summed E-state index contributed by atoms with van der Waals surface area (Å²) in [6.07, 6.45) is -5.57. The number of carbonyl (C=O) groups excluding carboxylic acids is 3. The van der Waals surface area contributed by atoms with E-state index < -0.39 is 43.0 Å². The van der Waals surface area contributed by atoms with Crippen molar-refractivity contribution in [2.75, 3.05) is 6.61 Å². The van der Waals surface area contributed by atoms with Crippen LogP contribution in [0.15, 0.2) is 23.2 Å². The van der Waals surface area contributed by atoms with Crippen molar-refractivity contribution in [2.24, 2.45) is 4.99 Å². The molecule has 2 aliphatic heterocycles. The summed E-state index contributed by atoms with van der Waals surface area (Å²) in [6, 6.07) is 3.95. The van der Waals surface area contributed by atoms with Crippen molar-refractivity contribution in [2.45, 2.75) is 49.8 Å². The highest BCUT2D eigenvalue weighted by molar-refractivity contribution is 6.06. The quantitative estimate of drug-likeness (QED) is 0.208. The molecule has 1 saturated heterocycles. The first-order valence-corrected chi connectivity index (χ1v) is 9.38. The minimum absolute atomic E-state index is 0.0818. The Bertz CT molecular complexity index is 873. The molecule has 2 aliphatic rings. The summed E-state index contributed by atoms with van der Waals surface area (Å²) in [6.45, 7) is -0.717. The molecule has 3 rings (SSSR count). The molecule has 1 fully saturated rings. The van der Waals surface area contributed by atoms with Crippen molar-refractivity contribution in [1.82, 2.24) is 10.2 Å². The van der Waals surface area contributed by atoms with Gasteiger partial charge in [0.05, 0.1) is 12.3 Å². The molecule has 30 heavy (non-hydrogen) atoms. The summed E-state index contributed by atoms with van der Waals surface area (Å²) >= 11 is 0. The number of imide groups is 1. The lowest BCUT2D eigenvalue weighted by Gasteiger charge is -2.29. The molecule has 3 amide bonds. The Morgan fingerprint density at radius 3 is 2.57 bits per heavy atom. The first-order valence-electron chi connectivity index (χ1n) is 9.38. The van der Waals surface area contributed by atoms with Crippen LogP contribution in [0.4, 0.5) is 5.69 Å². The average Bonchev–Trinajstić information content (AvgIpc) is 3.07. The molecule has 0 aromatic heterocycles. The molecular formula is C19H23N3O8. The van der Waals surface area contributed by atoms with E-state index in [-0.39, 0.29) is 31.2 Å². The molecule has 0 spiro atoms. The maximum atomic E-state index is 12.8. The smallest absolute Gasteiger partial charge is 0.255 e. The number of aliphatic imine (C=N–C) groups is 1. The van der Waals surface area contributed by atoms with Crippen LogP contribution in [0.25, 0.3) is 0 Å². The molecule has 11 nitrogen and oxygen atoms in total. The zero-order valence-corrected chi connectivity index (χ0v) is 15.9. The van der Waals surface area contributed by atoms with E-state index in [2.05, 4.69) is 10.3 Å². The van der Waals surface area contributed by atoms with Crippen molar-refractivity contribution in [3.8, 4) is 0 Å². The van der Waals surface area contributed by atoms with Crippen LogP contribution in [0.2, 0.25) is 0 Å². The minimum Gasteiger partial charge on any atom is -0.394 e. The fourth-order valence-corrected chi connectivity index (χ4v) is 3.47. The van der Waals surface area contributed by atoms with Gasteiger partial charge in [0.2, 0.25) is 11.8 Å². The fraction of sp³-hybridized carbons (Fsp3) is 0.474. The van der Waals surface area contributed by atoms with E-state index in [9.17, 15) is 34.8 Å². The van der Waals surface area contributed by atoms with Gasteiger partial charge in [0.25, 0.3) is 5.91 Å². The Balaban J connectivity index is 1.77. The molecule has 162 valence electrons. The second kappa shape index (κ2) is 8.98. The van der Waals surface area contributed by atoms with Gasteiger partial charge in [0.15, 0.2) is 0 Å². The largest absolute Gasteiger partial charge is 0.394 e. The van der Waals surface area contributed by atoms with E-state index in [1.165, 1.54) is 4.90 Å². The molecule has 5 atom stereocenters. The highest BCUT2D eigenvalue weighted by atomic mass is 16.4.